The first-order valence-electron chi connectivity index (χ1n) is 20.6. The Hall–Kier alpha value is -4.95. The molecule has 0 bridgehead atoms. The number of hydrogen-bond donors (Lipinski definition) is 1. The Morgan fingerprint density at radius 2 is 1.33 bits per heavy atom. The van der Waals surface area contributed by atoms with Crippen molar-refractivity contribution in [1.82, 2.24) is 5.32 Å². The second kappa shape index (κ2) is 25.3. The quantitative estimate of drug-likeness (QED) is 0.0623. The van der Waals surface area contributed by atoms with Crippen LogP contribution in [0.1, 0.15) is 48.2 Å². The smallest absolute Gasteiger partial charge is 0.339 e. The minimum atomic E-state index is -2.57. The normalized spacial score (nSPS) is 25.1. The number of ketones is 1. The molecule has 0 aliphatic carbocycles. The third-order valence-corrected chi connectivity index (χ3v) is 10.5. The highest BCUT2D eigenvalue weighted by Crippen LogP contribution is 2.37. The van der Waals surface area contributed by atoms with E-state index in [4.69, 9.17) is 82.2 Å². The van der Waals surface area contributed by atoms with Crippen LogP contribution in [0, 0.1) is 0 Å². The fraction of sp³-hybridized carbons (Fsp3) is 0.435. The van der Waals surface area contributed by atoms with Crippen LogP contribution in [-0.4, -0.2) is 121 Å². The summed E-state index contributed by atoms with van der Waals surface area (Å²) in [4.78, 5) is 79.6. The molecule has 0 unspecified atom stereocenters. The standard InChI is InChI=1S/C46H50Cl3NO16/c1-5-23-59-43-34(50-45(56)46(47,48)49)36(35(61-28(3)52)32(62-43)26-58-24-29-15-9-6-10-16-29)65-44-40(64-41(54)31-19-13-8-14-20-31)37(60-25-30-17-11-7-12-18-30)38(39(66-44)42(55)57-4)63-33(53)22-21-27(2)51/h5-20,32,34-40,43-44H,1,21-26H2,2-4H3,(H,50,56)/t32-,34-,35-,36-,37+,38+,39+,40-,43-,44-/m1/s1. The zero-order chi connectivity index (χ0) is 47.8. The van der Waals surface area contributed by atoms with Gasteiger partial charge in [-0.15, -0.1) is 6.58 Å². The van der Waals surface area contributed by atoms with Gasteiger partial charge in [0.2, 0.25) is 0 Å². The number of rotatable bonds is 21. The Bertz CT molecular complexity index is 2090. The van der Waals surface area contributed by atoms with Crippen molar-refractivity contribution in [2.24, 2.45) is 0 Å². The van der Waals surface area contributed by atoms with Crippen molar-refractivity contribution in [3.05, 3.63) is 120 Å². The Morgan fingerprint density at radius 3 is 1.91 bits per heavy atom. The van der Waals surface area contributed by atoms with Crippen LogP contribution in [0.3, 0.4) is 0 Å². The summed E-state index contributed by atoms with van der Waals surface area (Å²) >= 11 is 18.1. The average Bonchev–Trinajstić information content (AvgIpc) is 3.29. The first-order chi connectivity index (χ1) is 31.6. The highest BCUT2D eigenvalue weighted by Gasteiger charge is 2.58. The van der Waals surface area contributed by atoms with Gasteiger partial charge < -0.3 is 57.5 Å². The molecule has 0 spiro atoms. The maximum Gasteiger partial charge on any atom is 0.339 e. The molecule has 2 aliphatic rings. The molecule has 5 rings (SSSR count). The second-order valence-electron chi connectivity index (χ2n) is 14.9. The van der Waals surface area contributed by atoms with Crippen molar-refractivity contribution in [2.45, 2.75) is 105 Å². The molecule has 0 radical (unpaired) electrons. The first kappa shape index (κ1) is 52.0. The van der Waals surface area contributed by atoms with Gasteiger partial charge in [0.15, 0.2) is 37.0 Å². The van der Waals surface area contributed by atoms with E-state index in [-0.39, 0.29) is 44.2 Å². The van der Waals surface area contributed by atoms with Crippen LogP contribution in [0.5, 0.6) is 0 Å². The fourth-order valence-electron chi connectivity index (χ4n) is 6.94. The molecular formula is C46H50Cl3NO16. The number of benzene rings is 3. The highest BCUT2D eigenvalue weighted by molar-refractivity contribution is 6.76. The first-order valence-corrected chi connectivity index (χ1v) is 21.8. The van der Waals surface area contributed by atoms with Crippen LogP contribution >= 0.6 is 34.8 Å². The van der Waals surface area contributed by atoms with Gasteiger partial charge in [0.05, 0.1) is 45.5 Å². The van der Waals surface area contributed by atoms with Crippen LogP contribution in [0.15, 0.2) is 104 Å². The van der Waals surface area contributed by atoms with Crippen LogP contribution in [0.25, 0.3) is 0 Å². The molecule has 2 aliphatic heterocycles. The van der Waals surface area contributed by atoms with E-state index in [2.05, 4.69) is 11.9 Å². The molecule has 3 aromatic carbocycles. The zero-order valence-corrected chi connectivity index (χ0v) is 38.4. The number of carbonyl (C=O) groups excluding carboxylic acids is 6. The van der Waals surface area contributed by atoms with Gasteiger partial charge >= 0.3 is 23.9 Å². The summed E-state index contributed by atoms with van der Waals surface area (Å²) < 4.78 is 58.3. The predicted molar refractivity (Wildman–Crippen MR) is 235 cm³/mol. The van der Waals surface area contributed by atoms with Crippen LogP contribution in [-0.2, 0) is 84.6 Å². The van der Waals surface area contributed by atoms with Crippen LogP contribution in [0.2, 0.25) is 0 Å². The summed E-state index contributed by atoms with van der Waals surface area (Å²) in [5, 5.41) is 2.55. The molecule has 17 nitrogen and oxygen atoms in total. The van der Waals surface area contributed by atoms with Crippen LogP contribution < -0.4 is 5.32 Å². The molecule has 20 heteroatoms. The number of ether oxygens (including phenoxy) is 10. The lowest BCUT2D eigenvalue weighted by molar-refractivity contribution is -0.344. The monoisotopic (exact) mass is 977 g/mol. The lowest BCUT2D eigenvalue weighted by Gasteiger charge is -2.49. The summed E-state index contributed by atoms with van der Waals surface area (Å²) in [7, 11) is 1.05. The van der Waals surface area contributed by atoms with Crippen molar-refractivity contribution < 1.29 is 76.1 Å². The van der Waals surface area contributed by atoms with E-state index in [1.807, 2.05) is 30.3 Å². The maximum absolute atomic E-state index is 14.1. The molecule has 0 saturated carbocycles. The number of alkyl halides is 3. The number of nitrogens with one attached hydrogen (secondary N) is 1. The Labute approximate surface area is 396 Å². The molecule has 0 aromatic heterocycles. The van der Waals surface area contributed by atoms with E-state index in [0.29, 0.717) is 5.56 Å². The van der Waals surface area contributed by atoms with E-state index in [0.717, 1.165) is 19.6 Å². The summed E-state index contributed by atoms with van der Waals surface area (Å²) in [6.07, 6.45) is -14.0. The van der Waals surface area contributed by atoms with Crippen molar-refractivity contribution in [3.63, 3.8) is 0 Å². The molecule has 10 atom stereocenters. The molecule has 2 fully saturated rings. The average molecular weight is 979 g/mol. The maximum atomic E-state index is 14.1. The summed E-state index contributed by atoms with van der Waals surface area (Å²) in [6, 6.07) is 24.1. The van der Waals surface area contributed by atoms with E-state index < -0.39 is 101 Å². The largest absolute Gasteiger partial charge is 0.467 e. The SMILES string of the molecule is C=CCO[C@@H]1O[C@H](COCc2ccccc2)[C@@H](OC(C)=O)[C@H](O[C@@H]2O[C@H](C(=O)OC)[C@@H](OC(=O)CCC(C)=O)[C@H](OCc3ccccc3)[C@H]2OC(=O)c2ccccc2)[C@H]1NC(=O)C(Cl)(Cl)Cl. The molecule has 2 heterocycles. The van der Waals surface area contributed by atoms with Gasteiger partial charge in [0.25, 0.3) is 9.70 Å². The third kappa shape index (κ3) is 15.0. The summed E-state index contributed by atoms with van der Waals surface area (Å²) in [5.74, 6) is -5.29. The second-order valence-corrected chi connectivity index (χ2v) is 17.2. The number of esters is 4. The Kier molecular flexibility index (Phi) is 19.9. The number of methoxy groups -OCH3 is 1. The number of amides is 1. The van der Waals surface area contributed by atoms with E-state index >= 15 is 0 Å². The number of hydrogen-bond acceptors (Lipinski definition) is 16. The van der Waals surface area contributed by atoms with Gasteiger partial charge in [-0.3, -0.25) is 14.4 Å². The van der Waals surface area contributed by atoms with Crippen molar-refractivity contribution in [2.75, 3.05) is 20.3 Å². The minimum absolute atomic E-state index is 0.0633. The summed E-state index contributed by atoms with van der Waals surface area (Å²) in [5.41, 5.74) is 1.47. The van der Waals surface area contributed by atoms with E-state index in [1.54, 1.807) is 48.5 Å². The highest BCUT2D eigenvalue weighted by atomic mass is 35.6. The van der Waals surface area contributed by atoms with Gasteiger partial charge in [-0.25, -0.2) is 9.59 Å². The lowest BCUT2D eigenvalue weighted by atomic mass is 9.94. The molecule has 3 aromatic rings. The molecule has 1 amide bonds. The molecule has 356 valence electrons. The van der Waals surface area contributed by atoms with Gasteiger partial charge in [0.1, 0.15) is 30.1 Å². The summed E-state index contributed by atoms with van der Waals surface area (Å²) in [6.45, 7) is 5.54. The topological polar surface area (TPSA) is 207 Å². The molecule has 2 saturated heterocycles. The lowest BCUT2D eigenvalue weighted by Crippen LogP contribution is -2.70. The van der Waals surface area contributed by atoms with Crippen molar-refractivity contribution in [3.8, 4) is 0 Å². The number of halogens is 3. The molecule has 66 heavy (non-hydrogen) atoms. The van der Waals surface area contributed by atoms with Gasteiger partial charge in [-0.05, 0) is 30.2 Å². The van der Waals surface area contributed by atoms with Crippen LogP contribution in [0.4, 0.5) is 0 Å². The third-order valence-electron chi connectivity index (χ3n) is 9.98. The van der Waals surface area contributed by atoms with Gasteiger partial charge in [-0.2, -0.15) is 0 Å². The zero-order valence-electron chi connectivity index (χ0n) is 36.1. The number of Topliss-reactive ketones (excluding diaryl/α,β-unsaturated/α-hetero) is 1. The van der Waals surface area contributed by atoms with E-state index in [1.165, 1.54) is 25.1 Å². The van der Waals surface area contributed by atoms with E-state index in [9.17, 15) is 28.8 Å². The van der Waals surface area contributed by atoms with Gasteiger partial charge in [-0.1, -0.05) is 120 Å². The van der Waals surface area contributed by atoms with Crippen molar-refractivity contribution >= 4 is 70.4 Å². The predicted octanol–water partition coefficient (Wildman–Crippen LogP) is 5.29. The minimum Gasteiger partial charge on any atom is -0.467 e. The number of carbonyl (C=O) groups is 6. The van der Waals surface area contributed by atoms with Gasteiger partial charge in [0, 0.05) is 13.3 Å². The molecular weight excluding hydrogens is 929 g/mol. The Balaban J connectivity index is 1.66. The Morgan fingerprint density at radius 1 is 0.712 bits per heavy atom. The van der Waals surface area contributed by atoms with Crippen molar-refractivity contribution in [1.29, 1.82) is 0 Å². The fourth-order valence-corrected chi connectivity index (χ4v) is 7.10. The molecule has 1 N–H and O–H groups in total.